The molecule has 0 aromatic heterocycles. The fourth-order valence-electron chi connectivity index (χ4n) is 3.33. The molecule has 3 atom stereocenters. The van der Waals surface area contributed by atoms with Gasteiger partial charge in [-0.25, -0.2) is 0 Å². The number of fused-ring (bicyclic) bond motifs is 2. The maximum Gasteiger partial charge on any atom is 0.141 e. The van der Waals surface area contributed by atoms with E-state index < -0.39 is 23.9 Å². The van der Waals surface area contributed by atoms with Crippen LogP contribution in [0.2, 0.25) is 0 Å². The summed E-state index contributed by atoms with van der Waals surface area (Å²) in [4.78, 5) is 0. The zero-order chi connectivity index (χ0) is 17.4. The molecule has 1 aromatic carbocycles. The zero-order valence-electron chi connectivity index (χ0n) is 12.5. The average molecular weight is 319 g/mol. The first-order valence-electron chi connectivity index (χ1n) is 7.18. The maximum absolute atomic E-state index is 9.68. The van der Waals surface area contributed by atoms with Crippen LogP contribution in [0.3, 0.4) is 0 Å². The highest BCUT2D eigenvalue weighted by molar-refractivity contribution is 5.53. The summed E-state index contributed by atoms with van der Waals surface area (Å²) in [5.41, 5.74) is 13.2. The lowest BCUT2D eigenvalue weighted by atomic mass is 9.69. The maximum atomic E-state index is 9.68. The van der Waals surface area contributed by atoms with Crippen LogP contribution in [-0.2, 0) is 0 Å². The molecule has 0 saturated carbocycles. The number of nitrogens with two attached hydrogens (primary N) is 2. The van der Waals surface area contributed by atoms with Gasteiger partial charge in [-0.3, -0.25) is 0 Å². The SMILES string of the molecule is N#CC1=C(N)C2C(C=C1N)Oc1cc(O)ccc1C2C(C#N)C#N. The smallest absolute Gasteiger partial charge is 0.141 e. The number of phenols is 1. The molecule has 3 unspecified atom stereocenters. The van der Waals surface area contributed by atoms with Gasteiger partial charge in [-0.1, -0.05) is 6.07 Å². The normalized spacial score (nSPS) is 24.6. The van der Waals surface area contributed by atoms with E-state index in [1.165, 1.54) is 12.1 Å². The highest BCUT2D eigenvalue weighted by Crippen LogP contribution is 2.49. The van der Waals surface area contributed by atoms with Crippen LogP contribution in [0.15, 0.2) is 41.2 Å². The summed E-state index contributed by atoms with van der Waals surface area (Å²) < 4.78 is 5.86. The Balaban J connectivity index is 2.24. The first-order valence-corrected chi connectivity index (χ1v) is 7.18. The Labute approximate surface area is 138 Å². The molecule has 3 rings (SSSR count). The van der Waals surface area contributed by atoms with E-state index in [1.807, 2.05) is 18.2 Å². The van der Waals surface area contributed by atoms with Gasteiger partial charge in [0.05, 0.1) is 23.4 Å². The molecule has 0 fully saturated rings. The third-order valence-electron chi connectivity index (χ3n) is 4.39. The first kappa shape index (κ1) is 15.3. The third-order valence-corrected chi connectivity index (χ3v) is 4.39. The van der Waals surface area contributed by atoms with Gasteiger partial charge in [-0.15, -0.1) is 0 Å². The van der Waals surface area contributed by atoms with Crippen LogP contribution in [-0.4, -0.2) is 11.2 Å². The number of hydrogen-bond donors (Lipinski definition) is 3. The Morgan fingerprint density at radius 2 is 1.88 bits per heavy atom. The van der Waals surface area contributed by atoms with Gasteiger partial charge in [0.15, 0.2) is 0 Å². The number of aromatic hydroxyl groups is 1. The number of nitrogens with zero attached hydrogens (tertiary/aromatic N) is 3. The van der Waals surface area contributed by atoms with E-state index in [0.29, 0.717) is 11.3 Å². The lowest BCUT2D eigenvalue weighted by molar-refractivity contribution is 0.139. The van der Waals surface area contributed by atoms with E-state index in [-0.39, 0.29) is 22.7 Å². The Morgan fingerprint density at radius 3 is 2.50 bits per heavy atom. The molecule has 0 saturated heterocycles. The number of benzene rings is 1. The molecular formula is C17H13N5O2. The molecule has 24 heavy (non-hydrogen) atoms. The molecule has 2 aliphatic rings. The van der Waals surface area contributed by atoms with E-state index in [9.17, 15) is 20.9 Å². The van der Waals surface area contributed by atoms with Crippen molar-refractivity contribution in [3.05, 3.63) is 46.8 Å². The van der Waals surface area contributed by atoms with Gasteiger partial charge >= 0.3 is 0 Å². The highest BCUT2D eigenvalue weighted by Gasteiger charge is 2.46. The van der Waals surface area contributed by atoms with Crippen molar-refractivity contribution in [3.63, 3.8) is 0 Å². The van der Waals surface area contributed by atoms with Crippen molar-refractivity contribution in [2.45, 2.75) is 12.0 Å². The van der Waals surface area contributed by atoms with Crippen LogP contribution in [0.4, 0.5) is 0 Å². The molecule has 5 N–H and O–H groups in total. The summed E-state index contributed by atoms with van der Waals surface area (Å²) in [5, 5.41) is 37.7. The standard InChI is InChI=1S/C17H13N5O2/c18-5-8(6-19)15-10-2-1-9(23)3-13(10)24-14-4-12(21)11(7-20)17(22)16(14)15/h1-4,8,14-16,23H,21-22H2. The second-order valence-electron chi connectivity index (χ2n) is 5.66. The average Bonchev–Trinajstić information content (AvgIpc) is 2.55. The van der Waals surface area contributed by atoms with Crippen molar-refractivity contribution in [1.82, 2.24) is 0 Å². The molecule has 0 spiro atoms. The van der Waals surface area contributed by atoms with Crippen molar-refractivity contribution in [2.24, 2.45) is 23.3 Å². The number of nitriles is 3. The van der Waals surface area contributed by atoms with Gasteiger partial charge in [-0.2, -0.15) is 15.8 Å². The molecule has 7 heteroatoms. The fourth-order valence-corrected chi connectivity index (χ4v) is 3.33. The number of allylic oxidation sites excluding steroid dienone is 1. The Hall–Kier alpha value is -3.63. The van der Waals surface area contributed by atoms with Gasteiger partial charge < -0.3 is 21.3 Å². The van der Waals surface area contributed by atoms with Crippen molar-refractivity contribution < 1.29 is 9.84 Å². The molecule has 1 aromatic rings. The van der Waals surface area contributed by atoms with Crippen molar-refractivity contribution in [2.75, 3.05) is 0 Å². The Kier molecular flexibility index (Phi) is 3.52. The minimum absolute atomic E-state index is 0.00500. The summed E-state index contributed by atoms with van der Waals surface area (Å²) >= 11 is 0. The Bertz CT molecular complexity index is 883. The molecule has 1 aliphatic carbocycles. The topological polar surface area (TPSA) is 153 Å². The number of phenolic OH excluding ortho intramolecular Hbond substituents is 1. The molecule has 0 bridgehead atoms. The predicted octanol–water partition coefficient (Wildman–Crippen LogP) is 1.11. The molecule has 1 heterocycles. The van der Waals surface area contributed by atoms with E-state index in [1.54, 1.807) is 12.1 Å². The van der Waals surface area contributed by atoms with E-state index in [0.717, 1.165) is 0 Å². The van der Waals surface area contributed by atoms with Crippen LogP contribution in [0, 0.1) is 45.8 Å². The van der Waals surface area contributed by atoms with E-state index in [4.69, 9.17) is 16.2 Å². The van der Waals surface area contributed by atoms with Gasteiger partial charge in [0, 0.05) is 29.2 Å². The highest BCUT2D eigenvalue weighted by atomic mass is 16.5. The quantitative estimate of drug-likeness (QED) is 0.700. The van der Waals surface area contributed by atoms with Gasteiger partial charge in [-0.05, 0) is 12.1 Å². The molecule has 0 radical (unpaired) electrons. The molecule has 0 amide bonds. The summed E-state index contributed by atoms with van der Waals surface area (Å²) in [6.45, 7) is 0. The Morgan fingerprint density at radius 1 is 1.17 bits per heavy atom. The number of rotatable bonds is 1. The summed E-state index contributed by atoms with van der Waals surface area (Å²) in [7, 11) is 0. The van der Waals surface area contributed by atoms with E-state index in [2.05, 4.69) is 0 Å². The fraction of sp³-hybridized carbons (Fsp3) is 0.235. The zero-order valence-corrected chi connectivity index (χ0v) is 12.5. The monoisotopic (exact) mass is 319 g/mol. The van der Waals surface area contributed by atoms with Crippen LogP contribution in [0.1, 0.15) is 11.5 Å². The molecule has 1 aliphatic heterocycles. The van der Waals surface area contributed by atoms with E-state index >= 15 is 0 Å². The summed E-state index contributed by atoms with van der Waals surface area (Å²) in [6.07, 6.45) is 0.941. The van der Waals surface area contributed by atoms with Crippen LogP contribution in [0.5, 0.6) is 11.5 Å². The van der Waals surface area contributed by atoms with Gasteiger partial charge in [0.25, 0.3) is 0 Å². The predicted molar refractivity (Wildman–Crippen MR) is 82.6 cm³/mol. The summed E-state index contributed by atoms with van der Waals surface area (Å²) in [5.74, 6) is -1.77. The lowest BCUT2D eigenvalue weighted by Crippen LogP contribution is -2.43. The lowest BCUT2D eigenvalue weighted by Gasteiger charge is -2.41. The number of ether oxygens (including phenoxy) is 1. The summed E-state index contributed by atoms with van der Waals surface area (Å²) in [6, 6.07) is 10.4. The third kappa shape index (κ3) is 2.10. The van der Waals surface area contributed by atoms with Gasteiger partial charge in [0.1, 0.15) is 29.6 Å². The van der Waals surface area contributed by atoms with Crippen molar-refractivity contribution in [3.8, 4) is 29.7 Å². The van der Waals surface area contributed by atoms with Crippen molar-refractivity contribution in [1.29, 1.82) is 15.8 Å². The first-order chi connectivity index (χ1) is 11.5. The number of hydrogen-bond acceptors (Lipinski definition) is 7. The minimum atomic E-state index is -0.990. The largest absolute Gasteiger partial charge is 0.508 e. The van der Waals surface area contributed by atoms with Crippen LogP contribution in [0.25, 0.3) is 0 Å². The molecule has 7 nitrogen and oxygen atoms in total. The minimum Gasteiger partial charge on any atom is -0.508 e. The van der Waals surface area contributed by atoms with Crippen LogP contribution < -0.4 is 16.2 Å². The molecule has 118 valence electrons. The van der Waals surface area contributed by atoms with Gasteiger partial charge in [0.2, 0.25) is 0 Å². The second kappa shape index (κ2) is 5.53. The van der Waals surface area contributed by atoms with Crippen LogP contribution >= 0.6 is 0 Å². The molecular weight excluding hydrogens is 306 g/mol. The second-order valence-corrected chi connectivity index (χ2v) is 5.66. The van der Waals surface area contributed by atoms with Crippen molar-refractivity contribution >= 4 is 0 Å².